The van der Waals surface area contributed by atoms with Gasteiger partial charge in [-0.05, 0) is 30.5 Å². The van der Waals surface area contributed by atoms with Gasteiger partial charge in [0, 0.05) is 31.8 Å². The van der Waals surface area contributed by atoms with E-state index in [1.54, 1.807) is 21.3 Å². The van der Waals surface area contributed by atoms with Gasteiger partial charge in [0.2, 0.25) is 0 Å². The molecule has 2 rings (SSSR count). The van der Waals surface area contributed by atoms with Crippen LogP contribution in [0.1, 0.15) is 17.5 Å². The van der Waals surface area contributed by atoms with Crippen LogP contribution in [0.3, 0.4) is 0 Å². The summed E-state index contributed by atoms with van der Waals surface area (Å²) in [5.74, 6) is 2.36. The number of nitrogens with one attached hydrogen (secondary N) is 2. The van der Waals surface area contributed by atoms with E-state index in [0.717, 1.165) is 42.4 Å². The summed E-state index contributed by atoms with van der Waals surface area (Å²) in [5, 5.41) is 6.66. The molecule has 0 amide bonds. The fourth-order valence-electron chi connectivity index (χ4n) is 2.54. The molecule has 0 spiro atoms. The van der Waals surface area contributed by atoms with Gasteiger partial charge in [0.05, 0.1) is 14.2 Å². The molecule has 0 saturated carbocycles. The van der Waals surface area contributed by atoms with Crippen LogP contribution in [0.25, 0.3) is 0 Å². The average Bonchev–Trinajstić information content (AvgIpc) is 2.68. The SMILES string of the molecule is CN=C(NCCCc1ccccc1)NCc1ccc(OC)cc1OC.I. The first-order valence-electron chi connectivity index (χ1n) is 8.46. The Kier molecular flexibility index (Phi) is 10.5. The van der Waals surface area contributed by atoms with Crippen molar-refractivity contribution in [2.75, 3.05) is 27.8 Å². The van der Waals surface area contributed by atoms with Crippen molar-refractivity contribution in [1.29, 1.82) is 0 Å². The van der Waals surface area contributed by atoms with Crippen LogP contribution in [0.2, 0.25) is 0 Å². The molecule has 0 atom stereocenters. The zero-order chi connectivity index (χ0) is 17.9. The van der Waals surface area contributed by atoms with Crippen molar-refractivity contribution in [2.24, 2.45) is 4.99 Å². The molecule has 0 heterocycles. The van der Waals surface area contributed by atoms with Gasteiger partial charge in [-0.15, -0.1) is 24.0 Å². The molecule has 0 unspecified atom stereocenters. The van der Waals surface area contributed by atoms with Crippen molar-refractivity contribution in [2.45, 2.75) is 19.4 Å². The van der Waals surface area contributed by atoms with Crippen molar-refractivity contribution in [3.8, 4) is 11.5 Å². The topological polar surface area (TPSA) is 54.9 Å². The second-order valence-corrected chi connectivity index (χ2v) is 5.62. The molecule has 5 nitrogen and oxygen atoms in total. The van der Waals surface area contributed by atoms with Crippen molar-refractivity contribution in [1.82, 2.24) is 10.6 Å². The predicted molar refractivity (Wildman–Crippen MR) is 118 cm³/mol. The third kappa shape index (κ3) is 7.11. The number of ether oxygens (including phenoxy) is 2. The number of halogens is 1. The molecule has 6 heteroatoms. The minimum absolute atomic E-state index is 0. The number of rotatable bonds is 8. The van der Waals surface area contributed by atoms with Gasteiger partial charge in [-0.25, -0.2) is 0 Å². The summed E-state index contributed by atoms with van der Waals surface area (Å²) < 4.78 is 10.6. The average molecular weight is 469 g/mol. The van der Waals surface area contributed by atoms with Gasteiger partial charge in [-0.3, -0.25) is 4.99 Å². The lowest BCUT2D eigenvalue weighted by Crippen LogP contribution is -2.37. The van der Waals surface area contributed by atoms with Crippen LogP contribution >= 0.6 is 24.0 Å². The molecular weight excluding hydrogens is 441 g/mol. The highest BCUT2D eigenvalue weighted by Gasteiger charge is 2.06. The van der Waals surface area contributed by atoms with Gasteiger partial charge in [-0.2, -0.15) is 0 Å². The van der Waals surface area contributed by atoms with E-state index in [9.17, 15) is 0 Å². The largest absolute Gasteiger partial charge is 0.497 e. The Morgan fingerprint density at radius 2 is 1.77 bits per heavy atom. The smallest absolute Gasteiger partial charge is 0.191 e. The zero-order valence-electron chi connectivity index (χ0n) is 15.6. The minimum Gasteiger partial charge on any atom is -0.497 e. The first-order valence-corrected chi connectivity index (χ1v) is 8.46. The highest BCUT2D eigenvalue weighted by molar-refractivity contribution is 14.0. The molecule has 0 aromatic heterocycles. The summed E-state index contributed by atoms with van der Waals surface area (Å²) in [6.45, 7) is 1.50. The highest BCUT2D eigenvalue weighted by atomic mass is 127. The van der Waals surface area contributed by atoms with Gasteiger partial charge in [0.25, 0.3) is 0 Å². The number of hydrogen-bond donors (Lipinski definition) is 2. The van der Waals surface area contributed by atoms with E-state index in [1.807, 2.05) is 24.3 Å². The standard InChI is InChI=1S/C20H27N3O2.HI/c1-21-20(22-13-7-10-16-8-5-4-6-9-16)23-15-17-11-12-18(24-2)14-19(17)25-3;/h4-6,8-9,11-12,14H,7,10,13,15H2,1-3H3,(H2,21,22,23);1H. The summed E-state index contributed by atoms with van der Waals surface area (Å²) in [6.07, 6.45) is 2.10. The number of nitrogens with zero attached hydrogens (tertiary/aromatic N) is 1. The molecule has 2 aromatic carbocycles. The molecule has 0 saturated heterocycles. The molecule has 0 aliphatic carbocycles. The van der Waals surface area contributed by atoms with Gasteiger partial charge < -0.3 is 20.1 Å². The molecule has 0 fully saturated rings. The zero-order valence-corrected chi connectivity index (χ0v) is 17.9. The Morgan fingerprint density at radius 3 is 2.42 bits per heavy atom. The molecule has 0 aliphatic heterocycles. The van der Waals surface area contributed by atoms with Crippen LogP contribution < -0.4 is 20.1 Å². The first kappa shape index (κ1) is 22.1. The molecular formula is C20H28IN3O2. The third-order valence-corrected chi connectivity index (χ3v) is 3.94. The maximum absolute atomic E-state index is 5.42. The summed E-state index contributed by atoms with van der Waals surface area (Å²) in [4.78, 5) is 4.27. The molecule has 0 bridgehead atoms. The van der Waals surface area contributed by atoms with Crippen LogP contribution in [0.15, 0.2) is 53.5 Å². The van der Waals surface area contributed by atoms with Crippen molar-refractivity contribution in [3.63, 3.8) is 0 Å². The second kappa shape index (κ2) is 12.4. The molecule has 0 radical (unpaired) electrons. The normalized spacial score (nSPS) is 10.7. The Bertz CT molecular complexity index is 678. The number of aliphatic imine (C=N–C) groups is 1. The summed E-state index contributed by atoms with van der Waals surface area (Å²) in [5.41, 5.74) is 2.41. The van der Waals surface area contributed by atoms with E-state index < -0.39 is 0 Å². The number of aryl methyl sites for hydroxylation is 1. The van der Waals surface area contributed by atoms with E-state index >= 15 is 0 Å². The number of guanidine groups is 1. The number of methoxy groups -OCH3 is 2. The summed E-state index contributed by atoms with van der Waals surface area (Å²) in [7, 11) is 5.08. The van der Waals surface area contributed by atoms with Crippen LogP contribution in [-0.2, 0) is 13.0 Å². The van der Waals surface area contributed by atoms with Gasteiger partial charge in [0.1, 0.15) is 11.5 Å². The fraction of sp³-hybridized carbons (Fsp3) is 0.350. The Balaban J connectivity index is 0.00000338. The molecule has 0 aliphatic rings. The van der Waals surface area contributed by atoms with E-state index in [4.69, 9.17) is 9.47 Å². The Labute approximate surface area is 173 Å². The molecule has 2 N–H and O–H groups in total. The lowest BCUT2D eigenvalue weighted by atomic mass is 10.1. The third-order valence-electron chi connectivity index (χ3n) is 3.94. The van der Waals surface area contributed by atoms with Crippen molar-refractivity contribution in [3.05, 3.63) is 59.7 Å². The van der Waals surface area contributed by atoms with E-state index in [0.29, 0.717) is 6.54 Å². The molecule has 142 valence electrons. The lowest BCUT2D eigenvalue weighted by Gasteiger charge is -2.14. The van der Waals surface area contributed by atoms with E-state index in [2.05, 4.69) is 39.9 Å². The van der Waals surface area contributed by atoms with Gasteiger partial charge in [-0.1, -0.05) is 30.3 Å². The molecule has 2 aromatic rings. The van der Waals surface area contributed by atoms with Crippen LogP contribution in [0, 0.1) is 0 Å². The Hall–Kier alpha value is -1.96. The first-order chi connectivity index (χ1) is 12.3. The van der Waals surface area contributed by atoms with Gasteiger partial charge >= 0.3 is 0 Å². The maximum atomic E-state index is 5.42. The highest BCUT2D eigenvalue weighted by Crippen LogP contribution is 2.24. The summed E-state index contributed by atoms with van der Waals surface area (Å²) >= 11 is 0. The fourth-order valence-corrected chi connectivity index (χ4v) is 2.54. The van der Waals surface area contributed by atoms with Crippen LogP contribution in [0.5, 0.6) is 11.5 Å². The van der Waals surface area contributed by atoms with E-state index in [1.165, 1.54) is 5.56 Å². The second-order valence-electron chi connectivity index (χ2n) is 5.62. The minimum atomic E-state index is 0. The van der Waals surface area contributed by atoms with Crippen LogP contribution in [-0.4, -0.2) is 33.8 Å². The van der Waals surface area contributed by atoms with Crippen molar-refractivity contribution < 1.29 is 9.47 Å². The maximum Gasteiger partial charge on any atom is 0.191 e. The van der Waals surface area contributed by atoms with Crippen LogP contribution in [0.4, 0.5) is 0 Å². The number of benzene rings is 2. The van der Waals surface area contributed by atoms with E-state index in [-0.39, 0.29) is 24.0 Å². The monoisotopic (exact) mass is 469 g/mol. The number of hydrogen-bond acceptors (Lipinski definition) is 3. The van der Waals surface area contributed by atoms with Crippen molar-refractivity contribution >= 4 is 29.9 Å². The van der Waals surface area contributed by atoms with Gasteiger partial charge in [0.15, 0.2) is 5.96 Å². The Morgan fingerprint density at radius 1 is 1.00 bits per heavy atom. The lowest BCUT2D eigenvalue weighted by molar-refractivity contribution is 0.390. The summed E-state index contributed by atoms with van der Waals surface area (Å²) in [6, 6.07) is 16.3. The quantitative estimate of drug-likeness (QED) is 0.269. The molecule has 26 heavy (non-hydrogen) atoms. The predicted octanol–water partition coefficient (Wildman–Crippen LogP) is 3.62.